The fourth-order valence-corrected chi connectivity index (χ4v) is 3.27. The molecule has 1 N–H and O–H groups in total. The van der Waals surface area contributed by atoms with Crippen molar-refractivity contribution in [2.45, 2.75) is 20.0 Å². The standard InChI is InChI=1S/C24H23N3O2/c1-17-6-8-18(9-7-17)16-27-23-13-20(10-11-21(23)15-26-27)24(28)25-14-19-4-3-5-22(12-19)29-2/h3-13,15H,14,16H2,1-2H3,(H,25,28). The zero-order valence-electron chi connectivity index (χ0n) is 16.6. The fourth-order valence-electron chi connectivity index (χ4n) is 3.27. The average Bonchev–Trinajstić information content (AvgIpc) is 3.15. The molecule has 3 aromatic carbocycles. The van der Waals surface area contributed by atoms with Crippen LogP contribution in [0.4, 0.5) is 0 Å². The highest BCUT2D eigenvalue weighted by molar-refractivity contribution is 5.97. The first-order chi connectivity index (χ1) is 14.1. The fraction of sp³-hybridized carbons (Fsp3) is 0.167. The Labute approximate surface area is 169 Å². The first-order valence-corrected chi connectivity index (χ1v) is 9.54. The van der Waals surface area contributed by atoms with Gasteiger partial charge in [0.25, 0.3) is 5.91 Å². The first kappa shape index (κ1) is 18.7. The lowest BCUT2D eigenvalue weighted by molar-refractivity contribution is 0.0951. The molecule has 0 saturated carbocycles. The number of hydrogen-bond donors (Lipinski definition) is 1. The molecule has 4 aromatic rings. The van der Waals surface area contributed by atoms with Gasteiger partial charge < -0.3 is 10.1 Å². The highest BCUT2D eigenvalue weighted by Crippen LogP contribution is 2.18. The molecule has 5 heteroatoms. The van der Waals surface area contributed by atoms with E-state index in [0.717, 1.165) is 22.2 Å². The van der Waals surface area contributed by atoms with E-state index in [1.165, 1.54) is 11.1 Å². The van der Waals surface area contributed by atoms with E-state index in [-0.39, 0.29) is 5.91 Å². The lowest BCUT2D eigenvalue weighted by Gasteiger charge is -2.08. The minimum Gasteiger partial charge on any atom is -0.497 e. The van der Waals surface area contributed by atoms with E-state index in [2.05, 4.69) is 41.6 Å². The number of nitrogens with one attached hydrogen (secondary N) is 1. The van der Waals surface area contributed by atoms with Gasteiger partial charge in [0.2, 0.25) is 0 Å². The smallest absolute Gasteiger partial charge is 0.251 e. The van der Waals surface area contributed by atoms with Crippen LogP contribution in [0, 0.1) is 6.92 Å². The molecule has 1 heterocycles. The number of amides is 1. The molecular weight excluding hydrogens is 362 g/mol. The maximum atomic E-state index is 12.7. The Morgan fingerprint density at radius 2 is 1.86 bits per heavy atom. The molecule has 0 aliphatic rings. The number of aromatic nitrogens is 2. The van der Waals surface area contributed by atoms with Crippen LogP contribution in [-0.2, 0) is 13.1 Å². The Balaban J connectivity index is 1.51. The first-order valence-electron chi connectivity index (χ1n) is 9.54. The summed E-state index contributed by atoms with van der Waals surface area (Å²) in [4.78, 5) is 12.7. The van der Waals surface area contributed by atoms with Gasteiger partial charge in [-0.2, -0.15) is 5.10 Å². The molecule has 0 spiro atoms. The summed E-state index contributed by atoms with van der Waals surface area (Å²) in [6.07, 6.45) is 1.83. The lowest BCUT2D eigenvalue weighted by atomic mass is 10.1. The van der Waals surface area contributed by atoms with Crippen molar-refractivity contribution in [1.29, 1.82) is 0 Å². The maximum Gasteiger partial charge on any atom is 0.251 e. The van der Waals surface area contributed by atoms with E-state index < -0.39 is 0 Å². The highest BCUT2D eigenvalue weighted by Gasteiger charge is 2.10. The predicted octanol–water partition coefficient (Wildman–Crippen LogP) is 4.33. The number of rotatable bonds is 6. The quantitative estimate of drug-likeness (QED) is 0.537. The molecule has 0 atom stereocenters. The molecule has 0 aliphatic carbocycles. The van der Waals surface area contributed by atoms with Crippen LogP contribution in [0.25, 0.3) is 10.9 Å². The van der Waals surface area contributed by atoms with Crippen LogP contribution in [0.5, 0.6) is 5.75 Å². The van der Waals surface area contributed by atoms with E-state index in [9.17, 15) is 4.79 Å². The summed E-state index contributed by atoms with van der Waals surface area (Å²) in [5.41, 5.74) is 4.95. The second-order valence-electron chi connectivity index (χ2n) is 7.10. The number of ether oxygens (including phenoxy) is 1. The largest absolute Gasteiger partial charge is 0.497 e. The number of benzene rings is 3. The van der Waals surface area contributed by atoms with Crippen molar-refractivity contribution < 1.29 is 9.53 Å². The second kappa shape index (κ2) is 8.19. The zero-order valence-corrected chi connectivity index (χ0v) is 16.6. The van der Waals surface area contributed by atoms with Crippen LogP contribution in [0.2, 0.25) is 0 Å². The highest BCUT2D eigenvalue weighted by atomic mass is 16.5. The summed E-state index contributed by atoms with van der Waals surface area (Å²) in [5, 5.41) is 8.49. The predicted molar refractivity (Wildman–Crippen MR) is 114 cm³/mol. The van der Waals surface area contributed by atoms with Crippen molar-refractivity contribution in [2.75, 3.05) is 7.11 Å². The monoisotopic (exact) mass is 385 g/mol. The number of fused-ring (bicyclic) bond motifs is 1. The van der Waals surface area contributed by atoms with Gasteiger partial charge in [-0.3, -0.25) is 9.48 Å². The normalized spacial score (nSPS) is 10.8. The molecule has 1 aromatic heterocycles. The van der Waals surface area contributed by atoms with Crippen molar-refractivity contribution >= 4 is 16.8 Å². The molecule has 5 nitrogen and oxygen atoms in total. The number of methoxy groups -OCH3 is 1. The van der Waals surface area contributed by atoms with Gasteiger partial charge in [-0.05, 0) is 42.3 Å². The van der Waals surface area contributed by atoms with Gasteiger partial charge in [0.1, 0.15) is 5.75 Å². The Morgan fingerprint density at radius 1 is 1.03 bits per heavy atom. The van der Waals surface area contributed by atoms with Crippen LogP contribution >= 0.6 is 0 Å². The van der Waals surface area contributed by atoms with E-state index in [1.54, 1.807) is 7.11 Å². The Bertz CT molecular complexity index is 1150. The van der Waals surface area contributed by atoms with E-state index >= 15 is 0 Å². The van der Waals surface area contributed by atoms with Crippen LogP contribution in [0.15, 0.2) is 72.9 Å². The van der Waals surface area contributed by atoms with Crippen molar-refractivity contribution in [3.63, 3.8) is 0 Å². The summed E-state index contributed by atoms with van der Waals surface area (Å²) in [7, 11) is 1.63. The maximum absolute atomic E-state index is 12.7. The Morgan fingerprint density at radius 3 is 2.66 bits per heavy atom. The topological polar surface area (TPSA) is 56.1 Å². The molecule has 0 aliphatic heterocycles. The van der Waals surface area contributed by atoms with Gasteiger partial charge in [-0.25, -0.2) is 0 Å². The molecule has 0 saturated heterocycles. The summed E-state index contributed by atoms with van der Waals surface area (Å²) in [5.74, 6) is 0.663. The molecule has 0 bridgehead atoms. The minimum atomic E-state index is -0.113. The Hall–Kier alpha value is -3.60. The van der Waals surface area contributed by atoms with Crippen molar-refractivity contribution in [3.05, 3.63) is 95.2 Å². The number of aryl methyl sites for hydroxylation is 1. The third-order valence-corrected chi connectivity index (χ3v) is 4.95. The molecule has 0 fully saturated rings. The summed E-state index contributed by atoms with van der Waals surface area (Å²) < 4.78 is 7.16. The molecule has 0 unspecified atom stereocenters. The number of carbonyl (C=O) groups is 1. The van der Waals surface area contributed by atoms with Gasteiger partial charge in [0.15, 0.2) is 0 Å². The van der Waals surface area contributed by atoms with Crippen molar-refractivity contribution in [2.24, 2.45) is 0 Å². The third-order valence-electron chi connectivity index (χ3n) is 4.95. The van der Waals surface area contributed by atoms with Crippen molar-refractivity contribution in [3.8, 4) is 5.75 Å². The zero-order chi connectivity index (χ0) is 20.2. The van der Waals surface area contributed by atoms with E-state index in [4.69, 9.17) is 4.74 Å². The number of carbonyl (C=O) groups excluding carboxylic acids is 1. The van der Waals surface area contributed by atoms with Crippen molar-refractivity contribution in [1.82, 2.24) is 15.1 Å². The van der Waals surface area contributed by atoms with Crippen LogP contribution in [-0.4, -0.2) is 22.8 Å². The summed E-state index contributed by atoms with van der Waals surface area (Å²) in [6, 6.07) is 21.7. The van der Waals surface area contributed by atoms with Gasteiger partial charge in [-0.15, -0.1) is 0 Å². The Kier molecular flexibility index (Phi) is 5.29. The number of nitrogens with zero attached hydrogens (tertiary/aromatic N) is 2. The van der Waals surface area contributed by atoms with E-state index in [1.807, 2.05) is 53.3 Å². The third kappa shape index (κ3) is 4.29. The molecule has 1 amide bonds. The van der Waals surface area contributed by atoms with Gasteiger partial charge in [0, 0.05) is 17.5 Å². The van der Waals surface area contributed by atoms with Crippen LogP contribution in [0.3, 0.4) is 0 Å². The molecule has 29 heavy (non-hydrogen) atoms. The summed E-state index contributed by atoms with van der Waals surface area (Å²) in [6.45, 7) is 3.18. The van der Waals surface area contributed by atoms with E-state index in [0.29, 0.717) is 18.7 Å². The van der Waals surface area contributed by atoms with Gasteiger partial charge in [0.05, 0.1) is 25.4 Å². The number of hydrogen-bond acceptors (Lipinski definition) is 3. The van der Waals surface area contributed by atoms with Crippen LogP contribution < -0.4 is 10.1 Å². The second-order valence-corrected chi connectivity index (χ2v) is 7.10. The van der Waals surface area contributed by atoms with Crippen LogP contribution in [0.1, 0.15) is 27.0 Å². The minimum absolute atomic E-state index is 0.113. The molecule has 146 valence electrons. The van der Waals surface area contributed by atoms with Gasteiger partial charge in [-0.1, -0.05) is 48.0 Å². The average molecular weight is 385 g/mol. The summed E-state index contributed by atoms with van der Waals surface area (Å²) >= 11 is 0. The molecule has 4 rings (SSSR count). The lowest BCUT2D eigenvalue weighted by Crippen LogP contribution is -2.22. The molecule has 0 radical (unpaired) electrons. The van der Waals surface area contributed by atoms with Gasteiger partial charge >= 0.3 is 0 Å². The SMILES string of the molecule is COc1cccc(CNC(=O)c2ccc3cnn(Cc4ccc(C)cc4)c3c2)c1. The molecular formula is C24H23N3O2.